The summed E-state index contributed by atoms with van der Waals surface area (Å²) in [5.74, 6) is -1.36. The van der Waals surface area contributed by atoms with Gasteiger partial charge in [-0.2, -0.15) is 18.3 Å². The Hall–Kier alpha value is -4.22. The Morgan fingerprint density at radius 2 is 1.91 bits per heavy atom. The van der Waals surface area contributed by atoms with E-state index < -0.39 is 29.4 Å². The van der Waals surface area contributed by atoms with Crippen LogP contribution in [-0.4, -0.2) is 31.7 Å². The van der Waals surface area contributed by atoms with Gasteiger partial charge in [-0.15, -0.1) is 0 Å². The molecule has 0 saturated heterocycles. The minimum absolute atomic E-state index is 0.0236. The highest BCUT2D eigenvalue weighted by Crippen LogP contribution is 2.36. The Morgan fingerprint density at radius 3 is 2.54 bits per heavy atom. The van der Waals surface area contributed by atoms with Crippen LogP contribution in [0.25, 0.3) is 10.9 Å². The smallest absolute Gasteiger partial charge is 0.366 e. The first kappa shape index (κ1) is 23.9. The Labute approximate surface area is 197 Å². The molecule has 0 bridgehead atoms. The fourth-order valence-electron chi connectivity index (χ4n) is 3.54. The summed E-state index contributed by atoms with van der Waals surface area (Å²) in [4.78, 5) is 29.0. The number of nitrogens with zero attached hydrogens (tertiary/aromatic N) is 4. The molecule has 182 valence electrons. The predicted octanol–water partition coefficient (Wildman–Crippen LogP) is 4.27. The number of amides is 2. The summed E-state index contributed by atoms with van der Waals surface area (Å²) in [5, 5.41) is 10.2. The molecule has 4 aromatic rings. The second kappa shape index (κ2) is 8.85. The zero-order valence-electron chi connectivity index (χ0n) is 19.0. The van der Waals surface area contributed by atoms with Crippen LogP contribution in [0.15, 0.2) is 40.9 Å². The number of rotatable bonds is 6. The van der Waals surface area contributed by atoms with Crippen molar-refractivity contribution in [2.75, 3.05) is 5.32 Å². The minimum Gasteiger partial charge on any atom is -0.366 e. The number of halogens is 3. The van der Waals surface area contributed by atoms with Crippen LogP contribution in [0.1, 0.15) is 63.5 Å². The van der Waals surface area contributed by atoms with E-state index in [0.717, 1.165) is 10.7 Å². The molecule has 3 N–H and O–H groups in total. The largest absolute Gasteiger partial charge is 0.437 e. The van der Waals surface area contributed by atoms with Crippen LogP contribution < -0.4 is 11.1 Å². The third-order valence-electron chi connectivity index (χ3n) is 5.40. The van der Waals surface area contributed by atoms with Crippen molar-refractivity contribution in [1.82, 2.24) is 19.9 Å². The van der Waals surface area contributed by atoms with Gasteiger partial charge in [0.15, 0.2) is 11.5 Å². The fraction of sp³-hybridized carbons (Fsp3) is 0.261. The van der Waals surface area contributed by atoms with E-state index in [1.807, 2.05) is 13.8 Å². The number of carbonyl (C=O) groups is 2. The first-order valence-electron chi connectivity index (χ1n) is 10.6. The molecule has 3 heterocycles. The van der Waals surface area contributed by atoms with Gasteiger partial charge < -0.3 is 15.6 Å². The molecule has 0 saturated carbocycles. The minimum atomic E-state index is -4.85. The van der Waals surface area contributed by atoms with Gasteiger partial charge in [-0.1, -0.05) is 37.2 Å². The molecule has 1 aromatic carbocycles. The average Bonchev–Trinajstić information content (AvgIpc) is 3.38. The monoisotopic (exact) mass is 486 g/mol. The highest BCUT2D eigenvalue weighted by atomic mass is 19.4. The van der Waals surface area contributed by atoms with Crippen molar-refractivity contribution < 1.29 is 27.3 Å². The summed E-state index contributed by atoms with van der Waals surface area (Å²) in [6.45, 7) is 5.08. The number of pyridine rings is 1. The molecule has 35 heavy (non-hydrogen) atoms. The lowest BCUT2D eigenvalue weighted by Crippen LogP contribution is -2.19. The SMILES string of the molecule is Cc1c(NC(=O)c2cc(C(N)=O)c3ccccc3n2)c(C(F)(F)F)nn1Cc1cc(C(C)C)no1. The summed E-state index contributed by atoms with van der Waals surface area (Å²) >= 11 is 0. The zero-order chi connectivity index (χ0) is 25.5. The number of fused-ring (bicyclic) bond motifs is 1. The third-order valence-corrected chi connectivity index (χ3v) is 5.40. The van der Waals surface area contributed by atoms with Crippen molar-refractivity contribution in [3.05, 3.63) is 70.5 Å². The number of carbonyl (C=O) groups excluding carboxylic acids is 2. The van der Waals surface area contributed by atoms with E-state index in [-0.39, 0.29) is 29.4 Å². The Bertz CT molecular complexity index is 1440. The van der Waals surface area contributed by atoms with Gasteiger partial charge in [0.05, 0.1) is 28.2 Å². The molecule has 0 radical (unpaired) electrons. The van der Waals surface area contributed by atoms with Crippen LogP contribution in [0, 0.1) is 6.92 Å². The zero-order valence-corrected chi connectivity index (χ0v) is 19.0. The molecular weight excluding hydrogens is 465 g/mol. The molecule has 0 aliphatic rings. The summed E-state index contributed by atoms with van der Waals surface area (Å²) in [7, 11) is 0. The molecule has 0 unspecified atom stereocenters. The van der Waals surface area contributed by atoms with Gasteiger partial charge in [0.2, 0.25) is 5.91 Å². The number of anilines is 1. The van der Waals surface area contributed by atoms with Crippen molar-refractivity contribution in [2.24, 2.45) is 5.73 Å². The van der Waals surface area contributed by atoms with E-state index in [4.69, 9.17) is 10.3 Å². The van der Waals surface area contributed by atoms with E-state index in [9.17, 15) is 22.8 Å². The Morgan fingerprint density at radius 1 is 1.20 bits per heavy atom. The van der Waals surface area contributed by atoms with Crippen molar-refractivity contribution >= 4 is 28.4 Å². The van der Waals surface area contributed by atoms with Crippen LogP contribution in [0.3, 0.4) is 0 Å². The maximum atomic E-state index is 13.8. The number of nitrogens with two attached hydrogens (primary N) is 1. The molecule has 2 amide bonds. The normalized spacial score (nSPS) is 11.9. The lowest BCUT2D eigenvalue weighted by molar-refractivity contribution is -0.140. The highest BCUT2D eigenvalue weighted by Gasteiger charge is 2.39. The molecule has 0 atom stereocenters. The van der Waals surface area contributed by atoms with Gasteiger partial charge in [0.25, 0.3) is 5.91 Å². The molecule has 4 rings (SSSR count). The molecule has 0 fully saturated rings. The van der Waals surface area contributed by atoms with Crippen molar-refractivity contribution in [3.8, 4) is 0 Å². The lowest BCUT2D eigenvalue weighted by Gasteiger charge is -2.10. The average molecular weight is 486 g/mol. The molecule has 0 spiro atoms. The first-order chi connectivity index (χ1) is 16.5. The maximum Gasteiger partial charge on any atom is 0.437 e. The summed E-state index contributed by atoms with van der Waals surface area (Å²) < 4.78 is 47.6. The van der Waals surface area contributed by atoms with Crippen molar-refractivity contribution in [2.45, 2.75) is 39.4 Å². The molecule has 0 aliphatic heterocycles. The Balaban J connectivity index is 1.71. The van der Waals surface area contributed by atoms with Gasteiger partial charge in [-0.05, 0) is 25.0 Å². The standard InChI is InChI=1S/C23H21F3N6O3/c1-11(2)17-8-13(35-31-17)10-32-12(3)19(20(30-32)23(24,25)26)29-22(34)18-9-15(21(27)33)14-6-4-5-7-16(14)28-18/h4-9,11H,10H2,1-3H3,(H2,27,33)(H,29,34). The number of hydrogen-bond acceptors (Lipinski definition) is 6. The van der Waals surface area contributed by atoms with Crippen LogP contribution in [0.5, 0.6) is 0 Å². The second-order valence-electron chi connectivity index (χ2n) is 8.23. The van der Waals surface area contributed by atoms with Crippen LogP contribution in [0.4, 0.5) is 18.9 Å². The summed E-state index contributed by atoms with van der Waals surface area (Å²) in [6.07, 6.45) is -4.85. The quantitative estimate of drug-likeness (QED) is 0.419. The molecule has 0 aliphatic carbocycles. The third kappa shape index (κ3) is 4.72. The Kier molecular flexibility index (Phi) is 6.05. The van der Waals surface area contributed by atoms with E-state index in [2.05, 4.69) is 20.6 Å². The van der Waals surface area contributed by atoms with Gasteiger partial charge in [0, 0.05) is 11.5 Å². The van der Waals surface area contributed by atoms with E-state index in [0.29, 0.717) is 22.4 Å². The molecule has 3 aromatic heterocycles. The van der Waals surface area contributed by atoms with E-state index in [1.54, 1.807) is 30.3 Å². The number of benzene rings is 1. The van der Waals surface area contributed by atoms with Crippen molar-refractivity contribution in [3.63, 3.8) is 0 Å². The van der Waals surface area contributed by atoms with E-state index >= 15 is 0 Å². The predicted molar refractivity (Wildman–Crippen MR) is 120 cm³/mol. The topological polar surface area (TPSA) is 129 Å². The van der Waals surface area contributed by atoms with Gasteiger partial charge in [-0.3, -0.25) is 14.3 Å². The number of aromatic nitrogens is 4. The van der Waals surface area contributed by atoms with Gasteiger partial charge in [-0.25, -0.2) is 4.98 Å². The molecule has 9 nitrogen and oxygen atoms in total. The number of alkyl halides is 3. The fourth-order valence-corrected chi connectivity index (χ4v) is 3.54. The lowest BCUT2D eigenvalue weighted by atomic mass is 10.1. The van der Waals surface area contributed by atoms with Crippen molar-refractivity contribution in [1.29, 1.82) is 0 Å². The highest BCUT2D eigenvalue weighted by molar-refractivity contribution is 6.10. The second-order valence-corrected chi connectivity index (χ2v) is 8.23. The number of nitrogens with one attached hydrogen (secondary N) is 1. The van der Waals surface area contributed by atoms with Crippen LogP contribution in [-0.2, 0) is 12.7 Å². The first-order valence-corrected chi connectivity index (χ1v) is 10.6. The van der Waals surface area contributed by atoms with Gasteiger partial charge in [0.1, 0.15) is 12.2 Å². The number of para-hydroxylation sites is 1. The number of hydrogen-bond donors (Lipinski definition) is 2. The summed E-state index contributed by atoms with van der Waals surface area (Å²) in [5.41, 5.74) is 4.38. The van der Waals surface area contributed by atoms with E-state index in [1.165, 1.54) is 6.92 Å². The molecular formula is C23H21F3N6O3. The van der Waals surface area contributed by atoms with Crippen LogP contribution in [0.2, 0.25) is 0 Å². The van der Waals surface area contributed by atoms with Crippen LogP contribution >= 0.6 is 0 Å². The number of primary amides is 1. The molecule has 12 heteroatoms. The van der Waals surface area contributed by atoms with Gasteiger partial charge >= 0.3 is 6.18 Å². The maximum absolute atomic E-state index is 13.8. The summed E-state index contributed by atoms with van der Waals surface area (Å²) in [6, 6.07) is 9.27.